The summed E-state index contributed by atoms with van der Waals surface area (Å²) < 4.78 is 0. The van der Waals surface area contributed by atoms with E-state index < -0.39 is 0 Å². The van der Waals surface area contributed by atoms with Gasteiger partial charge in [0.1, 0.15) is 0 Å². The van der Waals surface area contributed by atoms with Crippen LogP contribution in [-0.2, 0) is 16.2 Å². The minimum atomic E-state index is -0.283. The quantitative estimate of drug-likeness (QED) is 0.154. The van der Waals surface area contributed by atoms with Crippen LogP contribution in [0, 0.1) is 0 Å². The van der Waals surface area contributed by atoms with E-state index in [-0.39, 0.29) is 23.1 Å². The van der Waals surface area contributed by atoms with E-state index in [1.165, 1.54) is 100 Å². The van der Waals surface area contributed by atoms with Gasteiger partial charge in [0.25, 0.3) is 0 Å². The first-order valence-corrected chi connectivity index (χ1v) is 26.0. The summed E-state index contributed by atoms with van der Waals surface area (Å²) in [6.45, 7) is 18.5. The van der Waals surface area contributed by atoms with Crippen molar-refractivity contribution in [3.05, 3.63) is 241 Å². The molecule has 3 aliphatic rings. The smallest absolute Gasteiger partial charge is 0.333 e. The van der Waals surface area contributed by atoms with Gasteiger partial charge in [0.05, 0.1) is 5.69 Å². The highest BCUT2D eigenvalue weighted by molar-refractivity contribution is 6.93. The minimum Gasteiger partial charge on any atom is -0.376 e. The topological polar surface area (TPSA) is 9.72 Å². The highest BCUT2D eigenvalue weighted by Crippen LogP contribution is 2.57. The largest absolute Gasteiger partial charge is 0.376 e. The molecule has 13 rings (SSSR count). The summed E-state index contributed by atoms with van der Waals surface area (Å²) in [5, 5.41) is 2.57. The van der Waals surface area contributed by atoms with Crippen molar-refractivity contribution < 1.29 is 0 Å². The molecule has 0 unspecified atom stereocenters. The molecule has 0 amide bonds. The first-order valence-electron chi connectivity index (χ1n) is 26.0. The fraction of sp³-hybridized carbons (Fsp3) is 0.159. The van der Waals surface area contributed by atoms with Gasteiger partial charge in [-0.1, -0.05) is 201 Å². The molecule has 0 spiro atoms. The third-order valence-electron chi connectivity index (χ3n) is 16.1. The Morgan fingerprint density at radius 1 is 0.438 bits per heavy atom. The Morgan fingerprint density at radius 3 is 1.67 bits per heavy atom. The van der Waals surface area contributed by atoms with Crippen molar-refractivity contribution in [1.82, 2.24) is 0 Å². The molecule has 0 saturated carbocycles. The molecule has 0 aromatic heterocycles. The Labute approximate surface area is 432 Å². The van der Waals surface area contributed by atoms with Gasteiger partial charge in [0.2, 0.25) is 0 Å². The van der Waals surface area contributed by atoms with E-state index in [0.717, 1.165) is 22.7 Å². The number of benzene rings is 10. The zero-order chi connectivity index (χ0) is 50.0. The number of anilines is 8. The summed E-state index contributed by atoms with van der Waals surface area (Å²) in [6.07, 6.45) is 0. The van der Waals surface area contributed by atoms with Crippen LogP contribution in [-0.4, -0.2) is 6.85 Å². The van der Waals surface area contributed by atoms with E-state index in [4.69, 9.17) is 0 Å². The first-order chi connectivity index (χ1) is 35.2. The number of para-hydroxylation sites is 1. The Kier molecular flexibility index (Phi) is 10.1. The normalized spacial score (nSPS) is 14.1. The van der Waals surface area contributed by atoms with Crippen molar-refractivity contribution in [2.75, 3.05) is 14.6 Å². The highest BCUT2D eigenvalue weighted by atomic mass is 15.2. The molecule has 3 heterocycles. The van der Waals surface area contributed by atoms with Crippen LogP contribution < -0.4 is 25.5 Å². The summed E-state index contributed by atoms with van der Waals surface area (Å²) in [4.78, 5) is 7.76. The maximum atomic E-state index is 2.66. The zero-order valence-electron chi connectivity index (χ0n) is 43.2. The number of nitrogens with zero attached hydrogens (tertiary/aromatic N) is 3. The monoisotopic (exact) mass is 941 g/mol. The van der Waals surface area contributed by atoms with Crippen LogP contribution in [0.2, 0.25) is 0 Å². The molecule has 4 heteroatoms. The fourth-order valence-electron chi connectivity index (χ4n) is 12.3. The van der Waals surface area contributed by atoms with Crippen LogP contribution >= 0.6 is 0 Å². The number of hydrogen-bond acceptors (Lipinski definition) is 3. The standard InChI is InChI=1S/C69H60BN3/c1-67(2,3)50-30-34-52(35-31-50)71(53-36-32-51(33-37-53)68(4,5)6)54-38-40-61-57(44-54)58-42-49(46-21-13-10-14-22-46)43-63-65(58)70(73(61)55-25-17-24-48(41-55)45-19-11-9-12-20-45)60-28-18-27-59-66(60)72(63)62-39-29-47-23-15-16-26-56(47)64(62)69(59,7)8/h9-44H,1-8H3. The Balaban J connectivity index is 1.12. The molecule has 0 saturated heterocycles. The average molecular weight is 942 g/mol. The summed E-state index contributed by atoms with van der Waals surface area (Å²) in [7, 11) is 0. The van der Waals surface area contributed by atoms with Gasteiger partial charge in [-0.15, -0.1) is 0 Å². The lowest BCUT2D eigenvalue weighted by Crippen LogP contribution is -2.62. The second-order valence-corrected chi connectivity index (χ2v) is 23.0. The second-order valence-electron chi connectivity index (χ2n) is 23.0. The van der Waals surface area contributed by atoms with E-state index in [1.807, 2.05) is 0 Å². The van der Waals surface area contributed by atoms with Crippen LogP contribution in [0.3, 0.4) is 0 Å². The van der Waals surface area contributed by atoms with E-state index in [0.29, 0.717) is 0 Å². The molecule has 10 aromatic rings. The van der Waals surface area contributed by atoms with Crippen molar-refractivity contribution in [1.29, 1.82) is 0 Å². The van der Waals surface area contributed by atoms with Gasteiger partial charge < -0.3 is 14.6 Å². The fourth-order valence-corrected chi connectivity index (χ4v) is 12.3. The molecule has 0 atom stereocenters. The molecule has 354 valence electrons. The first kappa shape index (κ1) is 44.8. The predicted octanol–water partition coefficient (Wildman–Crippen LogP) is 17.6. The molecular formula is C69H60BN3. The van der Waals surface area contributed by atoms with Crippen LogP contribution in [0.25, 0.3) is 44.2 Å². The third-order valence-corrected chi connectivity index (χ3v) is 16.1. The van der Waals surface area contributed by atoms with Crippen LogP contribution in [0.15, 0.2) is 218 Å². The summed E-state index contributed by atoms with van der Waals surface area (Å²) >= 11 is 0. The van der Waals surface area contributed by atoms with Crippen LogP contribution in [0.4, 0.5) is 45.5 Å². The van der Waals surface area contributed by atoms with Crippen molar-refractivity contribution in [2.24, 2.45) is 0 Å². The molecule has 0 aliphatic carbocycles. The van der Waals surface area contributed by atoms with Gasteiger partial charge in [-0.2, -0.15) is 0 Å². The lowest BCUT2D eigenvalue weighted by molar-refractivity contribution is 0.590. The van der Waals surface area contributed by atoms with E-state index in [9.17, 15) is 0 Å². The lowest BCUT2D eigenvalue weighted by atomic mass is 9.42. The van der Waals surface area contributed by atoms with E-state index in [1.54, 1.807) is 0 Å². The zero-order valence-corrected chi connectivity index (χ0v) is 43.2. The Bertz CT molecular complexity index is 3730. The predicted molar refractivity (Wildman–Crippen MR) is 313 cm³/mol. The van der Waals surface area contributed by atoms with E-state index >= 15 is 0 Å². The van der Waals surface area contributed by atoms with E-state index in [2.05, 4.69) is 288 Å². The van der Waals surface area contributed by atoms with Crippen molar-refractivity contribution in [2.45, 2.75) is 71.6 Å². The van der Waals surface area contributed by atoms with Gasteiger partial charge in [0, 0.05) is 50.8 Å². The van der Waals surface area contributed by atoms with Crippen LogP contribution in [0.5, 0.6) is 0 Å². The van der Waals surface area contributed by atoms with Crippen LogP contribution in [0.1, 0.15) is 77.6 Å². The Morgan fingerprint density at radius 2 is 1.01 bits per heavy atom. The number of rotatable bonds is 6. The van der Waals surface area contributed by atoms with Crippen molar-refractivity contribution in [3.8, 4) is 33.4 Å². The van der Waals surface area contributed by atoms with Gasteiger partial charge in [-0.05, 0) is 155 Å². The molecule has 0 N–H and O–H groups in total. The molecular weight excluding hydrogens is 882 g/mol. The maximum absolute atomic E-state index is 2.66. The Hall–Kier alpha value is -8.08. The lowest BCUT2D eigenvalue weighted by Gasteiger charge is -2.51. The highest BCUT2D eigenvalue weighted by Gasteiger charge is 2.50. The van der Waals surface area contributed by atoms with Gasteiger partial charge in [-0.25, -0.2) is 0 Å². The maximum Gasteiger partial charge on any atom is 0.333 e. The summed E-state index contributed by atoms with van der Waals surface area (Å²) in [5.41, 5.74) is 24.4. The van der Waals surface area contributed by atoms with Gasteiger partial charge >= 0.3 is 6.85 Å². The molecule has 10 aromatic carbocycles. The molecule has 3 aliphatic heterocycles. The average Bonchev–Trinajstić information content (AvgIpc) is 3.40. The van der Waals surface area contributed by atoms with Crippen molar-refractivity contribution in [3.63, 3.8) is 0 Å². The SMILES string of the molecule is CC(C)(C)c1ccc(N(c2ccc(C(C)(C)C)cc2)c2ccc3c(c2)-c2cc(-c4ccccc4)cc4c2B(c2cccc5c2N4c2ccc4ccccc4c2C5(C)C)N3c2cccc(-c3ccccc3)c2)cc1. The van der Waals surface area contributed by atoms with Gasteiger partial charge in [-0.3, -0.25) is 0 Å². The minimum absolute atomic E-state index is 0.0291. The molecule has 3 nitrogen and oxygen atoms in total. The van der Waals surface area contributed by atoms with Crippen molar-refractivity contribution >= 4 is 74.0 Å². The molecule has 0 radical (unpaired) electrons. The summed E-state index contributed by atoms with van der Waals surface area (Å²) in [6, 6.07) is 82.5. The third kappa shape index (κ3) is 7.17. The van der Waals surface area contributed by atoms with Gasteiger partial charge in [0.15, 0.2) is 0 Å². The molecule has 73 heavy (non-hydrogen) atoms. The number of fused-ring (bicyclic) bond motifs is 8. The second kappa shape index (κ2) is 16.5. The molecule has 0 bridgehead atoms. The summed E-state index contributed by atoms with van der Waals surface area (Å²) in [5.74, 6) is 0. The molecule has 0 fully saturated rings. The number of hydrogen-bond donors (Lipinski definition) is 0.